The molecule has 114 valence electrons. The molecule has 1 aliphatic rings. The molecule has 0 saturated heterocycles. The van der Waals surface area contributed by atoms with Crippen LogP contribution >= 0.6 is 0 Å². The molecule has 1 aromatic rings. The molecule has 0 saturated carbocycles. The van der Waals surface area contributed by atoms with Crippen LogP contribution in [0.5, 0.6) is 5.75 Å². The second-order valence-corrected chi connectivity index (χ2v) is 5.83. The van der Waals surface area contributed by atoms with Gasteiger partial charge in [-0.05, 0) is 37.0 Å². The van der Waals surface area contributed by atoms with Crippen molar-refractivity contribution < 1.29 is 14.3 Å². The van der Waals surface area contributed by atoms with Crippen molar-refractivity contribution in [1.29, 1.82) is 0 Å². The molecule has 1 amide bonds. The molecule has 0 unspecified atom stereocenters. The summed E-state index contributed by atoms with van der Waals surface area (Å²) >= 11 is 0. The highest BCUT2D eigenvalue weighted by Crippen LogP contribution is 2.32. The molecule has 0 radical (unpaired) electrons. The van der Waals surface area contributed by atoms with Crippen LogP contribution in [-0.4, -0.2) is 31.5 Å². The van der Waals surface area contributed by atoms with E-state index >= 15 is 0 Å². The number of amides is 1. The first-order valence-electron chi connectivity index (χ1n) is 7.28. The summed E-state index contributed by atoms with van der Waals surface area (Å²) in [5.41, 5.74) is 1.81. The number of rotatable bonds is 5. The second-order valence-electron chi connectivity index (χ2n) is 5.83. The summed E-state index contributed by atoms with van der Waals surface area (Å²) in [4.78, 5) is 25.4. The summed E-state index contributed by atoms with van der Waals surface area (Å²) < 4.78 is 5.22. The third-order valence-electron chi connectivity index (χ3n) is 3.38. The van der Waals surface area contributed by atoms with Gasteiger partial charge in [-0.25, -0.2) is 4.79 Å². The number of hydrogen-bond donors (Lipinski definition) is 1. The predicted octanol–water partition coefficient (Wildman–Crippen LogP) is 1.88. The van der Waals surface area contributed by atoms with Gasteiger partial charge in [-0.15, -0.1) is 0 Å². The van der Waals surface area contributed by atoms with Gasteiger partial charge >= 0.3 is 5.97 Å². The zero-order valence-corrected chi connectivity index (χ0v) is 12.8. The number of esters is 1. The minimum atomic E-state index is -0.330. The molecule has 0 spiro atoms. The number of benzene rings is 1. The van der Waals surface area contributed by atoms with Gasteiger partial charge in [-0.3, -0.25) is 4.79 Å². The lowest BCUT2D eigenvalue weighted by molar-refractivity contribution is -0.133. The van der Waals surface area contributed by atoms with E-state index in [2.05, 4.69) is 19.2 Å². The first-order valence-corrected chi connectivity index (χ1v) is 7.28. The first-order chi connectivity index (χ1) is 9.95. The molecule has 0 bridgehead atoms. The Bertz CT molecular complexity index is 540. The van der Waals surface area contributed by atoms with Gasteiger partial charge < -0.3 is 15.0 Å². The van der Waals surface area contributed by atoms with Crippen LogP contribution in [0.4, 0.5) is 5.69 Å². The predicted molar refractivity (Wildman–Crippen MR) is 81.5 cm³/mol. The number of ether oxygens (including phenoxy) is 1. The lowest BCUT2D eigenvalue weighted by Crippen LogP contribution is -2.43. The summed E-state index contributed by atoms with van der Waals surface area (Å²) in [6, 6.07) is 5.65. The van der Waals surface area contributed by atoms with Crippen molar-refractivity contribution in [1.82, 2.24) is 5.32 Å². The Hall–Kier alpha value is -2.04. The van der Waals surface area contributed by atoms with Crippen LogP contribution < -0.4 is 15.0 Å². The van der Waals surface area contributed by atoms with E-state index in [4.69, 9.17) is 4.74 Å². The zero-order valence-electron chi connectivity index (χ0n) is 12.8. The van der Waals surface area contributed by atoms with Crippen LogP contribution in [0.15, 0.2) is 18.2 Å². The summed E-state index contributed by atoms with van der Waals surface area (Å²) in [5.74, 6) is 0.681. The van der Waals surface area contributed by atoms with E-state index in [0.717, 1.165) is 17.7 Å². The molecule has 0 aliphatic carbocycles. The van der Waals surface area contributed by atoms with E-state index in [1.807, 2.05) is 25.1 Å². The Kier molecular flexibility index (Phi) is 4.83. The first kappa shape index (κ1) is 15.4. The third-order valence-corrected chi connectivity index (χ3v) is 3.38. The molecule has 5 nitrogen and oxygen atoms in total. The van der Waals surface area contributed by atoms with Crippen molar-refractivity contribution >= 4 is 17.6 Å². The number of nitrogens with zero attached hydrogens (tertiary/aromatic N) is 1. The molecule has 1 N–H and O–H groups in total. The van der Waals surface area contributed by atoms with Gasteiger partial charge in [0.05, 0.1) is 12.2 Å². The number of anilines is 1. The highest BCUT2D eigenvalue weighted by molar-refractivity contribution is 5.89. The van der Waals surface area contributed by atoms with E-state index in [1.165, 1.54) is 0 Å². The molecule has 1 aromatic carbocycles. The second kappa shape index (κ2) is 6.61. The molecule has 0 aromatic heterocycles. The highest BCUT2D eigenvalue weighted by atomic mass is 16.5. The fourth-order valence-corrected chi connectivity index (χ4v) is 2.23. The van der Waals surface area contributed by atoms with Gasteiger partial charge in [0.25, 0.3) is 0 Å². The van der Waals surface area contributed by atoms with Crippen molar-refractivity contribution in [2.75, 3.05) is 24.5 Å². The maximum atomic E-state index is 12.0. The molecular formula is C16H22N2O3. The monoisotopic (exact) mass is 290 g/mol. The van der Waals surface area contributed by atoms with Crippen LogP contribution in [-0.2, 0) is 9.59 Å². The minimum Gasteiger partial charge on any atom is -0.423 e. The smallest absolute Gasteiger partial charge is 0.331 e. The molecule has 5 heteroatoms. The van der Waals surface area contributed by atoms with E-state index in [9.17, 15) is 9.59 Å². The number of aryl methyl sites for hydroxylation is 1. The average Bonchev–Trinajstić information content (AvgIpc) is 2.37. The third kappa shape index (κ3) is 4.21. The Morgan fingerprint density at radius 1 is 1.43 bits per heavy atom. The summed E-state index contributed by atoms with van der Waals surface area (Å²) in [7, 11) is 0. The van der Waals surface area contributed by atoms with Crippen molar-refractivity contribution in [3.05, 3.63) is 23.8 Å². The topological polar surface area (TPSA) is 58.6 Å². The number of hydrogen-bond acceptors (Lipinski definition) is 4. The maximum Gasteiger partial charge on any atom is 0.331 e. The summed E-state index contributed by atoms with van der Waals surface area (Å²) in [6.45, 7) is 7.11. The fourth-order valence-electron chi connectivity index (χ4n) is 2.23. The Labute approximate surface area is 125 Å². The highest BCUT2D eigenvalue weighted by Gasteiger charge is 2.25. The maximum absolute atomic E-state index is 12.0. The van der Waals surface area contributed by atoms with Gasteiger partial charge in [-0.1, -0.05) is 19.9 Å². The number of carbonyl (C=O) groups excluding carboxylic acids is 2. The molecule has 0 fully saturated rings. The lowest BCUT2D eigenvalue weighted by Gasteiger charge is -2.29. The molecule has 2 rings (SSSR count). The van der Waals surface area contributed by atoms with Crippen LogP contribution in [0.3, 0.4) is 0 Å². The van der Waals surface area contributed by atoms with Crippen molar-refractivity contribution in [2.45, 2.75) is 27.2 Å². The molecule has 21 heavy (non-hydrogen) atoms. The lowest BCUT2D eigenvalue weighted by atomic mass is 10.1. The SMILES string of the molecule is Cc1ccc2c(c1)OC(=O)CN2CC(=O)NCCC(C)C. The van der Waals surface area contributed by atoms with Crippen molar-refractivity contribution in [2.24, 2.45) is 5.92 Å². The molecule has 1 heterocycles. The Balaban J connectivity index is 2.00. The van der Waals surface area contributed by atoms with Crippen LogP contribution in [0.25, 0.3) is 0 Å². The van der Waals surface area contributed by atoms with Gasteiger partial charge in [-0.2, -0.15) is 0 Å². The molecule has 0 atom stereocenters. The van der Waals surface area contributed by atoms with E-state index < -0.39 is 0 Å². The summed E-state index contributed by atoms with van der Waals surface area (Å²) in [6.07, 6.45) is 0.948. The number of nitrogens with one attached hydrogen (secondary N) is 1. The zero-order chi connectivity index (χ0) is 15.4. The van der Waals surface area contributed by atoms with Crippen LogP contribution in [0, 0.1) is 12.8 Å². The number of fused-ring (bicyclic) bond motifs is 1. The van der Waals surface area contributed by atoms with E-state index in [-0.39, 0.29) is 25.0 Å². The van der Waals surface area contributed by atoms with E-state index in [1.54, 1.807) is 4.90 Å². The van der Waals surface area contributed by atoms with Gasteiger partial charge in [0.15, 0.2) is 5.75 Å². The van der Waals surface area contributed by atoms with Crippen LogP contribution in [0.1, 0.15) is 25.8 Å². The Morgan fingerprint density at radius 3 is 2.90 bits per heavy atom. The summed E-state index contributed by atoms with van der Waals surface area (Å²) in [5, 5.41) is 2.89. The van der Waals surface area contributed by atoms with Gasteiger partial charge in [0.2, 0.25) is 5.91 Å². The van der Waals surface area contributed by atoms with Crippen molar-refractivity contribution in [3.8, 4) is 5.75 Å². The normalized spacial score (nSPS) is 13.9. The van der Waals surface area contributed by atoms with Crippen LogP contribution in [0.2, 0.25) is 0 Å². The minimum absolute atomic E-state index is 0.0723. The Morgan fingerprint density at radius 2 is 2.19 bits per heavy atom. The van der Waals surface area contributed by atoms with E-state index in [0.29, 0.717) is 18.2 Å². The quantitative estimate of drug-likeness (QED) is 0.664. The number of carbonyl (C=O) groups is 2. The fraction of sp³-hybridized carbons (Fsp3) is 0.500. The average molecular weight is 290 g/mol. The van der Waals surface area contributed by atoms with Gasteiger partial charge in [0.1, 0.15) is 6.54 Å². The largest absolute Gasteiger partial charge is 0.423 e. The molecular weight excluding hydrogens is 268 g/mol. The standard InChI is InChI=1S/C16H22N2O3/c1-11(2)6-7-17-15(19)9-18-10-16(20)21-14-8-12(3)4-5-13(14)18/h4-5,8,11H,6-7,9-10H2,1-3H3,(H,17,19). The van der Waals surface area contributed by atoms with Crippen molar-refractivity contribution in [3.63, 3.8) is 0 Å². The molecule has 1 aliphatic heterocycles. The van der Waals surface area contributed by atoms with Gasteiger partial charge in [0, 0.05) is 6.54 Å².